The van der Waals surface area contributed by atoms with E-state index >= 15 is 0 Å². The molecule has 0 atom stereocenters. The SMILES string of the molecule is CCS(=O)(=O)Cc1cccc(Nc2ncc(F)c(-c3ccc(F)c4ccoc34)n2)c1. The van der Waals surface area contributed by atoms with Gasteiger partial charge in [-0.2, -0.15) is 0 Å². The number of anilines is 2. The van der Waals surface area contributed by atoms with Crippen LogP contribution in [0.5, 0.6) is 0 Å². The number of benzene rings is 2. The number of rotatable bonds is 6. The smallest absolute Gasteiger partial charge is 0.227 e. The zero-order chi connectivity index (χ0) is 21.3. The van der Waals surface area contributed by atoms with E-state index in [1.54, 1.807) is 31.2 Å². The van der Waals surface area contributed by atoms with Crippen molar-refractivity contribution in [2.45, 2.75) is 12.7 Å². The lowest BCUT2D eigenvalue weighted by atomic mass is 10.1. The standard InChI is InChI=1S/C21H17F2N3O3S/c1-2-30(27,28)12-13-4-3-5-14(10-13)25-21-24-11-18(23)19(26-21)16-6-7-17(22)15-8-9-29-20(15)16/h3-11H,2,12H2,1H3,(H,24,25,26). The summed E-state index contributed by atoms with van der Waals surface area (Å²) in [4.78, 5) is 8.16. The third-order valence-corrected chi connectivity index (χ3v) is 6.23. The van der Waals surface area contributed by atoms with Gasteiger partial charge in [0.15, 0.2) is 15.7 Å². The Morgan fingerprint density at radius 3 is 2.73 bits per heavy atom. The molecule has 4 rings (SSSR count). The van der Waals surface area contributed by atoms with E-state index in [-0.39, 0.29) is 34.1 Å². The summed E-state index contributed by atoms with van der Waals surface area (Å²) in [7, 11) is -3.18. The largest absolute Gasteiger partial charge is 0.464 e. The van der Waals surface area contributed by atoms with Gasteiger partial charge in [-0.3, -0.25) is 0 Å². The van der Waals surface area contributed by atoms with Gasteiger partial charge < -0.3 is 9.73 Å². The highest BCUT2D eigenvalue weighted by molar-refractivity contribution is 7.90. The fourth-order valence-corrected chi connectivity index (χ4v) is 3.95. The van der Waals surface area contributed by atoms with Crippen molar-refractivity contribution < 1.29 is 21.6 Å². The van der Waals surface area contributed by atoms with Gasteiger partial charge in [-0.25, -0.2) is 27.2 Å². The number of aromatic nitrogens is 2. The van der Waals surface area contributed by atoms with E-state index in [0.29, 0.717) is 16.8 Å². The Kier molecular flexibility index (Phi) is 5.21. The number of hydrogen-bond acceptors (Lipinski definition) is 6. The topological polar surface area (TPSA) is 85.1 Å². The summed E-state index contributed by atoms with van der Waals surface area (Å²) in [6.45, 7) is 1.59. The Balaban J connectivity index is 1.68. The number of nitrogens with zero attached hydrogens (tertiary/aromatic N) is 2. The molecule has 30 heavy (non-hydrogen) atoms. The minimum absolute atomic E-state index is 0.0443. The van der Waals surface area contributed by atoms with Crippen LogP contribution < -0.4 is 5.32 Å². The van der Waals surface area contributed by atoms with E-state index in [2.05, 4.69) is 15.3 Å². The highest BCUT2D eigenvalue weighted by atomic mass is 32.2. The third-order valence-electron chi connectivity index (χ3n) is 4.57. The molecule has 0 bridgehead atoms. The normalized spacial score (nSPS) is 11.7. The van der Waals surface area contributed by atoms with E-state index in [0.717, 1.165) is 6.20 Å². The second kappa shape index (κ2) is 7.83. The first-order valence-electron chi connectivity index (χ1n) is 9.11. The number of sulfone groups is 1. The quantitative estimate of drug-likeness (QED) is 0.472. The molecule has 2 aromatic carbocycles. The Hall–Kier alpha value is -3.33. The number of furan rings is 1. The van der Waals surface area contributed by atoms with Crippen molar-refractivity contribution in [1.82, 2.24) is 9.97 Å². The van der Waals surface area contributed by atoms with E-state index in [1.165, 1.54) is 24.5 Å². The van der Waals surface area contributed by atoms with E-state index in [9.17, 15) is 17.2 Å². The van der Waals surface area contributed by atoms with Crippen LogP contribution in [0.4, 0.5) is 20.4 Å². The predicted octanol–water partition coefficient (Wildman–Crippen LogP) is 4.85. The van der Waals surface area contributed by atoms with Crippen LogP contribution in [0.2, 0.25) is 0 Å². The zero-order valence-corrected chi connectivity index (χ0v) is 16.7. The first kappa shape index (κ1) is 20.0. The van der Waals surface area contributed by atoms with Gasteiger partial charge in [0.25, 0.3) is 0 Å². The second-order valence-electron chi connectivity index (χ2n) is 6.65. The molecule has 0 saturated carbocycles. The van der Waals surface area contributed by atoms with E-state index in [4.69, 9.17) is 4.42 Å². The maximum atomic E-state index is 14.5. The summed E-state index contributed by atoms with van der Waals surface area (Å²) >= 11 is 0. The molecule has 2 aromatic heterocycles. The minimum Gasteiger partial charge on any atom is -0.464 e. The van der Waals surface area contributed by atoms with Crippen LogP contribution in [-0.4, -0.2) is 24.1 Å². The summed E-state index contributed by atoms with van der Waals surface area (Å²) in [6.07, 6.45) is 2.33. The molecule has 0 aliphatic heterocycles. The average molecular weight is 429 g/mol. The van der Waals surface area contributed by atoms with Crippen molar-refractivity contribution in [3.05, 3.63) is 72.1 Å². The number of nitrogens with one attached hydrogen (secondary N) is 1. The zero-order valence-electron chi connectivity index (χ0n) is 15.9. The fraction of sp³-hybridized carbons (Fsp3) is 0.143. The molecule has 1 N–H and O–H groups in total. The van der Waals surface area contributed by atoms with Gasteiger partial charge in [0, 0.05) is 17.0 Å². The molecule has 9 heteroatoms. The monoisotopic (exact) mass is 429 g/mol. The van der Waals surface area contributed by atoms with Crippen LogP contribution in [0.25, 0.3) is 22.2 Å². The van der Waals surface area contributed by atoms with Gasteiger partial charge in [-0.1, -0.05) is 19.1 Å². The minimum atomic E-state index is -3.18. The summed E-state index contributed by atoms with van der Waals surface area (Å²) in [6, 6.07) is 10.9. The second-order valence-corrected chi connectivity index (χ2v) is 9.00. The van der Waals surface area contributed by atoms with Crippen molar-refractivity contribution >= 4 is 32.4 Å². The van der Waals surface area contributed by atoms with Crippen LogP contribution in [0, 0.1) is 11.6 Å². The Labute approximate surface area is 171 Å². The highest BCUT2D eigenvalue weighted by Gasteiger charge is 2.17. The molecular formula is C21H17F2N3O3S. The van der Waals surface area contributed by atoms with Crippen LogP contribution in [0.3, 0.4) is 0 Å². The van der Waals surface area contributed by atoms with Crippen molar-refractivity contribution in [2.24, 2.45) is 0 Å². The Morgan fingerprint density at radius 2 is 1.93 bits per heavy atom. The van der Waals surface area contributed by atoms with Crippen LogP contribution >= 0.6 is 0 Å². The van der Waals surface area contributed by atoms with Crippen molar-refractivity contribution in [3.8, 4) is 11.3 Å². The maximum absolute atomic E-state index is 14.5. The molecule has 154 valence electrons. The first-order valence-corrected chi connectivity index (χ1v) is 10.9. The lowest BCUT2D eigenvalue weighted by Gasteiger charge is -2.10. The van der Waals surface area contributed by atoms with Crippen LogP contribution in [0.1, 0.15) is 12.5 Å². The van der Waals surface area contributed by atoms with Gasteiger partial charge in [0.05, 0.1) is 23.6 Å². The number of halogens is 2. The molecule has 0 fully saturated rings. The van der Waals surface area contributed by atoms with Crippen molar-refractivity contribution in [2.75, 3.05) is 11.1 Å². The maximum Gasteiger partial charge on any atom is 0.227 e. The van der Waals surface area contributed by atoms with Crippen molar-refractivity contribution in [3.63, 3.8) is 0 Å². The van der Waals surface area contributed by atoms with Gasteiger partial charge in [-0.05, 0) is 35.9 Å². The Morgan fingerprint density at radius 1 is 1.10 bits per heavy atom. The highest BCUT2D eigenvalue weighted by Crippen LogP contribution is 2.32. The lowest BCUT2D eigenvalue weighted by molar-refractivity contribution is 0.596. The fourth-order valence-electron chi connectivity index (χ4n) is 3.05. The molecule has 0 radical (unpaired) electrons. The van der Waals surface area contributed by atoms with Crippen LogP contribution in [0.15, 0.2) is 59.3 Å². The van der Waals surface area contributed by atoms with Gasteiger partial charge in [0.2, 0.25) is 5.95 Å². The van der Waals surface area contributed by atoms with E-state index in [1.807, 2.05) is 0 Å². The molecule has 0 unspecified atom stereocenters. The first-order chi connectivity index (χ1) is 14.4. The van der Waals surface area contributed by atoms with Crippen LogP contribution in [-0.2, 0) is 15.6 Å². The third kappa shape index (κ3) is 4.02. The average Bonchev–Trinajstić information content (AvgIpc) is 3.21. The molecule has 0 aliphatic rings. The summed E-state index contributed by atoms with van der Waals surface area (Å²) in [5.74, 6) is -1.10. The molecule has 0 saturated heterocycles. The van der Waals surface area contributed by atoms with E-state index < -0.39 is 21.5 Å². The summed E-state index contributed by atoms with van der Waals surface area (Å²) in [5, 5.41) is 3.18. The number of hydrogen-bond donors (Lipinski definition) is 1. The van der Waals surface area contributed by atoms with Gasteiger partial charge >= 0.3 is 0 Å². The number of fused-ring (bicyclic) bond motifs is 1. The van der Waals surface area contributed by atoms with Crippen molar-refractivity contribution in [1.29, 1.82) is 0 Å². The molecule has 2 heterocycles. The lowest BCUT2D eigenvalue weighted by Crippen LogP contribution is -2.07. The molecular weight excluding hydrogens is 412 g/mol. The predicted molar refractivity (Wildman–Crippen MR) is 110 cm³/mol. The molecule has 4 aromatic rings. The Bertz CT molecular complexity index is 1340. The molecule has 6 nitrogen and oxygen atoms in total. The molecule has 0 amide bonds. The molecule has 0 aliphatic carbocycles. The molecule has 0 spiro atoms. The van der Waals surface area contributed by atoms with Gasteiger partial charge in [0.1, 0.15) is 17.1 Å². The summed E-state index contributed by atoms with van der Waals surface area (Å²) < 4.78 is 57.4. The summed E-state index contributed by atoms with van der Waals surface area (Å²) in [5.41, 5.74) is 1.60. The van der Waals surface area contributed by atoms with Gasteiger partial charge in [-0.15, -0.1) is 0 Å².